The van der Waals surface area contributed by atoms with Gasteiger partial charge in [-0.2, -0.15) is 0 Å². The molecule has 4 heteroatoms. The summed E-state index contributed by atoms with van der Waals surface area (Å²) in [6.45, 7) is 4.98. The summed E-state index contributed by atoms with van der Waals surface area (Å²) in [4.78, 5) is 12.3. The quantitative estimate of drug-likeness (QED) is 0.294. The highest BCUT2D eigenvalue weighted by Crippen LogP contribution is 2.36. The average molecular weight is 391 g/mol. The van der Waals surface area contributed by atoms with E-state index in [4.69, 9.17) is 9.47 Å². The van der Waals surface area contributed by atoms with Crippen LogP contribution in [-0.2, 0) is 22.4 Å². The maximum absolute atomic E-state index is 15.0. The summed E-state index contributed by atoms with van der Waals surface area (Å²) < 4.78 is 26.1. The molecule has 0 aromatic heterocycles. The van der Waals surface area contributed by atoms with Gasteiger partial charge >= 0.3 is 5.97 Å². The second-order valence-electron chi connectivity index (χ2n) is 8.48. The molecule has 3 rings (SSSR count). The van der Waals surface area contributed by atoms with E-state index in [1.165, 1.54) is 0 Å². The van der Waals surface area contributed by atoms with Crippen LogP contribution >= 0.6 is 0 Å². The zero-order chi connectivity index (χ0) is 19.9. The summed E-state index contributed by atoms with van der Waals surface area (Å²) in [6.07, 6.45) is 11.4. The van der Waals surface area contributed by atoms with E-state index in [2.05, 4.69) is 6.92 Å². The zero-order valence-electron chi connectivity index (χ0n) is 17.5. The molecule has 0 saturated heterocycles. The number of unbranched alkanes of at least 4 members (excludes halogenated alkanes) is 2. The van der Waals surface area contributed by atoms with Crippen molar-refractivity contribution in [2.75, 3.05) is 6.61 Å². The lowest BCUT2D eigenvalue weighted by Crippen LogP contribution is -2.28. The Kier molecular flexibility index (Phi) is 7.90. The molecule has 1 aromatic carbocycles. The van der Waals surface area contributed by atoms with E-state index in [9.17, 15) is 9.18 Å². The van der Waals surface area contributed by atoms with E-state index in [0.29, 0.717) is 30.4 Å². The normalized spacial score (nSPS) is 24.7. The first kappa shape index (κ1) is 21.3. The molecule has 2 aliphatic rings. The Hall–Kier alpha value is -1.42. The lowest BCUT2D eigenvalue weighted by atomic mass is 9.83. The molecule has 0 radical (unpaired) electrons. The van der Waals surface area contributed by atoms with E-state index in [0.717, 1.165) is 70.0 Å². The molecule has 1 heterocycles. The van der Waals surface area contributed by atoms with E-state index in [-0.39, 0.29) is 23.5 Å². The number of hydrogen-bond donors (Lipinski definition) is 0. The minimum absolute atomic E-state index is 0.121. The fourth-order valence-corrected chi connectivity index (χ4v) is 4.68. The van der Waals surface area contributed by atoms with Crippen molar-refractivity contribution >= 4 is 5.97 Å². The predicted octanol–water partition coefficient (Wildman–Crippen LogP) is 6.01. The van der Waals surface area contributed by atoms with Gasteiger partial charge in [-0.05, 0) is 75.3 Å². The van der Waals surface area contributed by atoms with Gasteiger partial charge in [-0.15, -0.1) is 0 Å². The van der Waals surface area contributed by atoms with Gasteiger partial charge in [0.15, 0.2) is 11.6 Å². The van der Waals surface area contributed by atoms with Crippen LogP contribution in [-0.4, -0.2) is 18.7 Å². The van der Waals surface area contributed by atoms with Crippen LogP contribution in [0.15, 0.2) is 12.1 Å². The van der Waals surface area contributed by atoms with Gasteiger partial charge in [0.2, 0.25) is 0 Å². The van der Waals surface area contributed by atoms with Crippen molar-refractivity contribution in [3.63, 3.8) is 0 Å². The Labute approximate surface area is 169 Å². The molecule has 1 fully saturated rings. The molecule has 0 N–H and O–H groups in total. The number of hydrogen-bond acceptors (Lipinski definition) is 3. The maximum Gasteiger partial charge on any atom is 0.314 e. The smallest absolute Gasteiger partial charge is 0.314 e. The number of halogens is 1. The molecule has 1 aliphatic carbocycles. The minimum atomic E-state index is -0.319. The summed E-state index contributed by atoms with van der Waals surface area (Å²) >= 11 is 0. The maximum atomic E-state index is 15.0. The van der Waals surface area contributed by atoms with Gasteiger partial charge in [0.1, 0.15) is 0 Å². The summed E-state index contributed by atoms with van der Waals surface area (Å²) in [7, 11) is 0. The SMILES string of the molecule is CCCCCC1Cc2ccc(CCC3CCC(OCC)CC3)c(F)c2OC1=O. The third-order valence-electron chi connectivity index (χ3n) is 6.44. The highest BCUT2D eigenvalue weighted by molar-refractivity contribution is 5.78. The Morgan fingerprint density at radius 3 is 2.61 bits per heavy atom. The van der Waals surface area contributed by atoms with E-state index in [1.54, 1.807) is 0 Å². The summed E-state index contributed by atoms with van der Waals surface area (Å²) in [5, 5.41) is 0. The number of carbonyl (C=O) groups excluding carboxylic acids is 1. The number of esters is 1. The van der Waals surface area contributed by atoms with Gasteiger partial charge < -0.3 is 9.47 Å². The topological polar surface area (TPSA) is 35.5 Å². The van der Waals surface area contributed by atoms with E-state index < -0.39 is 0 Å². The van der Waals surface area contributed by atoms with Crippen LogP contribution in [0.5, 0.6) is 5.75 Å². The molecule has 1 unspecified atom stereocenters. The lowest BCUT2D eigenvalue weighted by molar-refractivity contribution is -0.140. The third-order valence-corrected chi connectivity index (χ3v) is 6.44. The predicted molar refractivity (Wildman–Crippen MR) is 109 cm³/mol. The first-order chi connectivity index (χ1) is 13.6. The number of aryl methyl sites for hydroxylation is 1. The van der Waals surface area contributed by atoms with Gasteiger partial charge in [-0.25, -0.2) is 4.39 Å². The van der Waals surface area contributed by atoms with Gasteiger partial charge in [0, 0.05) is 6.61 Å². The van der Waals surface area contributed by atoms with Crippen LogP contribution in [0.25, 0.3) is 0 Å². The highest BCUT2D eigenvalue weighted by atomic mass is 19.1. The molecule has 1 aliphatic heterocycles. The molecule has 1 atom stereocenters. The van der Waals surface area contributed by atoms with Crippen molar-refractivity contribution < 1.29 is 18.7 Å². The molecule has 28 heavy (non-hydrogen) atoms. The van der Waals surface area contributed by atoms with Crippen molar-refractivity contribution in [2.45, 2.75) is 90.6 Å². The monoisotopic (exact) mass is 390 g/mol. The Morgan fingerprint density at radius 2 is 1.89 bits per heavy atom. The lowest BCUT2D eigenvalue weighted by Gasteiger charge is -2.28. The molecule has 156 valence electrons. The fourth-order valence-electron chi connectivity index (χ4n) is 4.68. The van der Waals surface area contributed by atoms with Crippen LogP contribution in [0, 0.1) is 17.7 Å². The van der Waals surface area contributed by atoms with Crippen LogP contribution in [0.2, 0.25) is 0 Å². The number of fused-ring (bicyclic) bond motifs is 1. The zero-order valence-corrected chi connectivity index (χ0v) is 17.5. The van der Waals surface area contributed by atoms with Gasteiger partial charge in [-0.3, -0.25) is 4.79 Å². The van der Waals surface area contributed by atoms with Gasteiger partial charge in [-0.1, -0.05) is 38.3 Å². The minimum Gasteiger partial charge on any atom is -0.423 e. The van der Waals surface area contributed by atoms with Crippen LogP contribution < -0.4 is 4.74 Å². The van der Waals surface area contributed by atoms with Crippen molar-refractivity contribution in [1.82, 2.24) is 0 Å². The molecule has 0 amide bonds. The van der Waals surface area contributed by atoms with Crippen molar-refractivity contribution in [3.8, 4) is 5.75 Å². The molecule has 1 aromatic rings. The van der Waals surface area contributed by atoms with Crippen molar-refractivity contribution in [1.29, 1.82) is 0 Å². The number of benzene rings is 1. The third kappa shape index (κ3) is 5.34. The first-order valence-electron chi connectivity index (χ1n) is 11.3. The largest absolute Gasteiger partial charge is 0.423 e. The average Bonchev–Trinajstić information content (AvgIpc) is 2.70. The summed E-state index contributed by atoms with van der Waals surface area (Å²) in [5.41, 5.74) is 1.53. The second-order valence-corrected chi connectivity index (χ2v) is 8.48. The first-order valence-corrected chi connectivity index (χ1v) is 11.3. The second kappa shape index (κ2) is 10.4. The molecule has 0 bridgehead atoms. The summed E-state index contributed by atoms with van der Waals surface area (Å²) in [6, 6.07) is 3.88. The fraction of sp³-hybridized carbons (Fsp3) is 0.708. The number of ether oxygens (including phenoxy) is 2. The molecular weight excluding hydrogens is 355 g/mol. The number of rotatable bonds is 9. The molecule has 1 saturated carbocycles. The van der Waals surface area contributed by atoms with Crippen molar-refractivity contribution in [2.24, 2.45) is 11.8 Å². The van der Waals surface area contributed by atoms with Crippen LogP contribution in [0.1, 0.15) is 82.8 Å². The summed E-state index contributed by atoms with van der Waals surface area (Å²) in [5.74, 6) is 0.131. The van der Waals surface area contributed by atoms with E-state index >= 15 is 0 Å². The Bertz CT molecular complexity index is 649. The van der Waals surface area contributed by atoms with Crippen LogP contribution in [0.3, 0.4) is 0 Å². The number of carbonyl (C=O) groups is 1. The Morgan fingerprint density at radius 1 is 1.11 bits per heavy atom. The van der Waals surface area contributed by atoms with E-state index in [1.807, 2.05) is 19.1 Å². The van der Waals surface area contributed by atoms with Gasteiger partial charge in [0.25, 0.3) is 0 Å². The van der Waals surface area contributed by atoms with Gasteiger partial charge in [0.05, 0.1) is 12.0 Å². The Balaban J connectivity index is 1.56. The molecule has 3 nitrogen and oxygen atoms in total. The standard InChI is InChI=1S/C24H35FO3/c1-3-5-6-7-20-16-19-13-12-18(22(25)23(19)28-24(20)26)11-8-17-9-14-21(15-10-17)27-4-2/h12-13,17,20-21H,3-11,14-16H2,1-2H3. The van der Waals surface area contributed by atoms with Crippen molar-refractivity contribution in [3.05, 3.63) is 29.1 Å². The van der Waals surface area contributed by atoms with Crippen LogP contribution in [0.4, 0.5) is 4.39 Å². The molecule has 0 spiro atoms. The highest BCUT2D eigenvalue weighted by Gasteiger charge is 2.31. The molecular formula is C24H35FO3.